The van der Waals surface area contributed by atoms with Crippen molar-refractivity contribution in [1.82, 2.24) is 20.2 Å². The number of hydrogen-bond acceptors (Lipinski definition) is 5. The lowest BCUT2D eigenvalue weighted by Crippen LogP contribution is -2.45. The minimum absolute atomic E-state index is 0.116. The summed E-state index contributed by atoms with van der Waals surface area (Å²) in [7, 11) is 0. The van der Waals surface area contributed by atoms with Gasteiger partial charge in [-0.3, -0.25) is 9.69 Å². The average molecular weight is 348 g/mol. The molecular formula is C19H33N5O. The summed E-state index contributed by atoms with van der Waals surface area (Å²) in [6, 6.07) is 2.94. The highest BCUT2D eigenvalue weighted by Gasteiger charge is 2.25. The van der Waals surface area contributed by atoms with Gasteiger partial charge in [-0.05, 0) is 53.5 Å². The molecule has 1 amide bonds. The van der Waals surface area contributed by atoms with Crippen molar-refractivity contribution in [3.63, 3.8) is 0 Å². The van der Waals surface area contributed by atoms with Gasteiger partial charge in [-0.25, -0.2) is 9.97 Å². The van der Waals surface area contributed by atoms with E-state index in [0.29, 0.717) is 12.1 Å². The molecule has 2 heterocycles. The van der Waals surface area contributed by atoms with Crippen LogP contribution in [0.5, 0.6) is 0 Å². The molecule has 6 heteroatoms. The van der Waals surface area contributed by atoms with Crippen LogP contribution in [0.3, 0.4) is 0 Å². The maximum atomic E-state index is 12.4. The second-order valence-electron chi connectivity index (χ2n) is 7.44. The van der Waals surface area contributed by atoms with E-state index < -0.39 is 0 Å². The van der Waals surface area contributed by atoms with Crippen LogP contribution in [0.15, 0.2) is 12.3 Å². The lowest BCUT2D eigenvalue weighted by molar-refractivity contribution is -0.125. The Morgan fingerprint density at radius 1 is 1.28 bits per heavy atom. The van der Waals surface area contributed by atoms with Crippen molar-refractivity contribution in [2.75, 3.05) is 31.1 Å². The zero-order valence-corrected chi connectivity index (χ0v) is 16.3. The van der Waals surface area contributed by atoms with Crippen molar-refractivity contribution in [2.24, 2.45) is 5.92 Å². The summed E-state index contributed by atoms with van der Waals surface area (Å²) in [6.45, 7) is 14.1. The highest BCUT2D eigenvalue weighted by Crippen LogP contribution is 2.21. The monoisotopic (exact) mass is 347 g/mol. The summed E-state index contributed by atoms with van der Waals surface area (Å²) in [5, 5.41) is 3.13. The predicted molar refractivity (Wildman–Crippen MR) is 102 cm³/mol. The van der Waals surface area contributed by atoms with Crippen LogP contribution in [-0.4, -0.2) is 59.0 Å². The number of hydrogen-bond donors (Lipinski definition) is 1. The number of carbonyl (C=O) groups is 1. The third kappa shape index (κ3) is 5.66. The first kappa shape index (κ1) is 19.6. The molecule has 0 unspecified atom stereocenters. The molecule has 0 radical (unpaired) electrons. The third-order valence-corrected chi connectivity index (χ3v) is 4.95. The summed E-state index contributed by atoms with van der Waals surface area (Å²) >= 11 is 0. The molecule has 0 bridgehead atoms. The van der Waals surface area contributed by atoms with E-state index in [2.05, 4.69) is 52.8 Å². The maximum Gasteiger partial charge on any atom is 0.223 e. The van der Waals surface area contributed by atoms with Crippen LogP contribution in [0.1, 0.15) is 46.4 Å². The Labute approximate surface area is 152 Å². The van der Waals surface area contributed by atoms with Gasteiger partial charge in [-0.1, -0.05) is 0 Å². The quantitative estimate of drug-likeness (QED) is 0.820. The molecule has 0 atom stereocenters. The highest BCUT2D eigenvalue weighted by molar-refractivity contribution is 5.78. The largest absolute Gasteiger partial charge is 0.356 e. The Morgan fingerprint density at radius 2 is 1.92 bits per heavy atom. The zero-order valence-electron chi connectivity index (χ0n) is 16.3. The fraction of sp³-hybridized carbons (Fsp3) is 0.737. The fourth-order valence-electron chi connectivity index (χ4n) is 3.56. The molecule has 1 aliphatic heterocycles. The molecule has 0 spiro atoms. The lowest BCUT2D eigenvalue weighted by atomic mass is 9.96. The Morgan fingerprint density at radius 3 is 2.48 bits per heavy atom. The summed E-state index contributed by atoms with van der Waals surface area (Å²) in [5.41, 5.74) is 0. The van der Waals surface area contributed by atoms with Crippen LogP contribution in [0.4, 0.5) is 5.82 Å². The van der Waals surface area contributed by atoms with Crippen LogP contribution in [-0.2, 0) is 4.79 Å². The zero-order chi connectivity index (χ0) is 18.4. The van der Waals surface area contributed by atoms with Crippen LogP contribution in [0.25, 0.3) is 0 Å². The molecule has 1 aromatic heterocycles. The molecule has 1 saturated heterocycles. The number of nitrogens with zero attached hydrogens (tertiary/aromatic N) is 4. The van der Waals surface area contributed by atoms with Gasteiger partial charge in [0.1, 0.15) is 11.6 Å². The van der Waals surface area contributed by atoms with Gasteiger partial charge in [-0.2, -0.15) is 0 Å². The molecule has 2 rings (SSSR count). The van der Waals surface area contributed by atoms with Crippen molar-refractivity contribution in [1.29, 1.82) is 0 Å². The van der Waals surface area contributed by atoms with E-state index in [1.165, 1.54) is 0 Å². The van der Waals surface area contributed by atoms with E-state index in [4.69, 9.17) is 0 Å². The number of aromatic nitrogens is 2. The number of rotatable bonds is 7. The van der Waals surface area contributed by atoms with Crippen LogP contribution in [0.2, 0.25) is 0 Å². The molecule has 0 saturated carbocycles. The van der Waals surface area contributed by atoms with E-state index in [1.54, 1.807) is 6.20 Å². The van der Waals surface area contributed by atoms with Crippen molar-refractivity contribution >= 4 is 11.7 Å². The number of aryl methyl sites for hydroxylation is 1. The van der Waals surface area contributed by atoms with Gasteiger partial charge in [0.05, 0.1) is 0 Å². The first-order valence-corrected chi connectivity index (χ1v) is 9.46. The summed E-state index contributed by atoms with van der Waals surface area (Å²) < 4.78 is 0. The first-order chi connectivity index (χ1) is 11.9. The van der Waals surface area contributed by atoms with Crippen molar-refractivity contribution in [2.45, 2.75) is 59.5 Å². The van der Waals surface area contributed by atoms with Gasteiger partial charge in [0.2, 0.25) is 5.91 Å². The topological polar surface area (TPSA) is 61.4 Å². The summed E-state index contributed by atoms with van der Waals surface area (Å²) in [5.74, 6) is 2.07. The Kier molecular flexibility index (Phi) is 7.17. The molecular weight excluding hydrogens is 314 g/mol. The first-order valence-electron chi connectivity index (χ1n) is 9.46. The fourth-order valence-corrected chi connectivity index (χ4v) is 3.56. The summed E-state index contributed by atoms with van der Waals surface area (Å²) in [6.07, 6.45) is 3.56. The molecule has 0 aliphatic carbocycles. The third-order valence-electron chi connectivity index (χ3n) is 4.95. The second-order valence-corrected chi connectivity index (χ2v) is 7.44. The number of carbonyl (C=O) groups excluding carboxylic acids is 1. The predicted octanol–water partition coefficient (Wildman–Crippen LogP) is 2.24. The second kappa shape index (κ2) is 9.13. The van der Waals surface area contributed by atoms with Gasteiger partial charge >= 0.3 is 0 Å². The molecule has 140 valence electrons. The van der Waals surface area contributed by atoms with Crippen molar-refractivity contribution in [3.05, 3.63) is 18.1 Å². The van der Waals surface area contributed by atoms with E-state index in [1.807, 2.05) is 13.0 Å². The van der Waals surface area contributed by atoms with E-state index >= 15 is 0 Å². The molecule has 6 nitrogen and oxygen atoms in total. The normalized spacial score (nSPS) is 16.1. The van der Waals surface area contributed by atoms with Gasteiger partial charge in [-0.15, -0.1) is 0 Å². The molecule has 25 heavy (non-hydrogen) atoms. The summed E-state index contributed by atoms with van der Waals surface area (Å²) in [4.78, 5) is 25.7. The molecule has 1 aliphatic rings. The Balaban J connectivity index is 1.76. The lowest BCUT2D eigenvalue weighted by Gasteiger charge is -2.33. The number of amides is 1. The Hall–Kier alpha value is -1.69. The van der Waals surface area contributed by atoms with Crippen molar-refractivity contribution in [3.8, 4) is 0 Å². The van der Waals surface area contributed by atoms with Crippen LogP contribution >= 0.6 is 0 Å². The minimum Gasteiger partial charge on any atom is -0.356 e. The van der Waals surface area contributed by atoms with Crippen LogP contribution < -0.4 is 10.2 Å². The molecule has 1 fully saturated rings. The number of piperidine rings is 1. The Bertz CT molecular complexity index is 545. The van der Waals surface area contributed by atoms with E-state index in [9.17, 15) is 4.79 Å². The van der Waals surface area contributed by atoms with Gasteiger partial charge < -0.3 is 10.2 Å². The average Bonchev–Trinajstić information content (AvgIpc) is 2.58. The minimum atomic E-state index is 0.116. The maximum absolute atomic E-state index is 12.4. The number of nitrogens with one attached hydrogen (secondary N) is 1. The van der Waals surface area contributed by atoms with Crippen LogP contribution in [0, 0.1) is 12.8 Å². The highest BCUT2D eigenvalue weighted by atomic mass is 16.1. The van der Waals surface area contributed by atoms with E-state index in [0.717, 1.165) is 50.7 Å². The SMILES string of the molecule is Cc1nccc(N2CCC(C(=O)NCCN(C(C)C)C(C)C)CC2)n1. The number of anilines is 1. The molecule has 0 aromatic carbocycles. The standard InChI is InChI=1S/C19H33N5O/c1-14(2)24(15(3)4)13-10-21-19(25)17-7-11-23(12-8-17)18-6-9-20-16(5)22-18/h6,9,14-15,17H,7-8,10-13H2,1-5H3,(H,21,25). The van der Waals surface area contributed by atoms with Gasteiger partial charge in [0.15, 0.2) is 0 Å². The van der Waals surface area contributed by atoms with Gasteiger partial charge in [0.25, 0.3) is 0 Å². The molecule has 1 N–H and O–H groups in total. The van der Waals surface area contributed by atoms with E-state index in [-0.39, 0.29) is 11.8 Å². The molecule has 1 aromatic rings. The smallest absolute Gasteiger partial charge is 0.223 e. The van der Waals surface area contributed by atoms with Gasteiger partial charge in [0, 0.05) is 50.4 Å². The van der Waals surface area contributed by atoms with Crippen molar-refractivity contribution < 1.29 is 4.79 Å².